The molecule has 0 saturated carbocycles. The summed E-state index contributed by atoms with van der Waals surface area (Å²) in [6, 6.07) is 4.41. The van der Waals surface area contributed by atoms with Crippen LogP contribution in [0.15, 0.2) is 29.3 Å². The van der Waals surface area contributed by atoms with Crippen LogP contribution in [0.3, 0.4) is 0 Å². The van der Waals surface area contributed by atoms with Crippen molar-refractivity contribution in [1.82, 2.24) is 4.98 Å². The number of nitrogens with one attached hydrogen (secondary N) is 1. The van der Waals surface area contributed by atoms with Gasteiger partial charge in [0.05, 0.1) is 22.5 Å². The highest BCUT2D eigenvalue weighted by Crippen LogP contribution is 2.28. The van der Waals surface area contributed by atoms with Crippen LogP contribution in [-0.4, -0.2) is 13.4 Å². The Bertz CT molecular complexity index is 787. The minimum Gasteiger partial charge on any atom is -0.396 e. The van der Waals surface area contributed by atoms with Gasteiger partial charge in [-0.1, -0.05) is 0 Å². The number of aromatic nitrogens is 1. The summed E-state index contributed by atoms with van der Waals surface area (Å²) in [7, 11) is -3.86. The molecule has 1 heterocycles. The lowest BCUT2D eigenvalue weighted by atomic mass is 10.1. The summed E-state index contributed by atoms with van der Waals surface area (Å²) >= 11 is 0. The molecule has 5 nitrogen and oxygen atoms in total. The second kappa shape index (κ2) is 5.33. The average molecular weight is 309 g/mol. The van der Waals surface area contributed by atoms with Crippen molar-refractivity contribution < 1.29 is 12.8 Å². The Morgan fingerprint density at radius 2 is 1.90 bits per heavy atom. The number of nitrogens with zero attached hydrogens (tertiary/aromatic N) is 1. The maximum atomic E-state index is 13.5. The normalized spacial score (nSPS) is 11.4. The molecule has 7 heteroatoms. The van der Waals surface area contributed by atoms with Crippen LogP contribution in [0.25, 0.3) is 0 Å². The molecule has 2 aromatic rings. The lowest BCUT2D eigenvalue weighted by Gasteiger charge is -2.15. The van der Waals surface area contributed by atoms with Gasteiger partial charge in [0.1, 0.15) is 5.82 Å². The van der Waals surface area contributed by atoms with Gasteiger partial charge in [0.15, 0.2) is 0 Å². The minimum atomic E-state index is -3.86. The predicted molar refractivity (Wildman–Crippen MR) is 80.1 cm³/mol. The number of aryl methyl sites for hydroxylation is 2. The summed E-state index contributed by atoms with van der Waals surface area (Å²) in [4.78, 5) is 4.01. The first-order valence-corrected chi connectivity index (χ1v) is 7.71. The predicted octanol–water partition coefficient (Wildman–Crippen LogP) is 2.53. The summed E-state index contributed by atoms with van der Waals surface area (Å²) in [6.45, 7) is 4.80. The maximum absolute atomic E-state index is 13.5. The zero-order valence-electron chi connectivity index (χ0n) is 11.9. The summed E-state index contributed by atoms with van der Waals surface area (Å²) in [5, 5.41) is 0. The molecule has 0 spiro atoms. The van der Waals surface area contributed by atoms with Crippen LogP contribution < -0.4 is 10.5 Å². The van der Waals surface area contributed by atoms with Crippen molar-refractivity contribution in [2.45, 2.75) is 25.7 Å². The van der Waals surface area contributed by atoms with Crippen LogP contribution in [-0.2, 0) is 10.0 Å². The van der Waals surface area contributed by atoms with Crippen LogP contribution in [0, 0.1) is 26.6 Å². The Hall–Kier alpha value is -2.15. The van der Waals surface area contributed by atoms with Crippen LogP contribution >= 0.6 is 0 Å². The SMILES string of the molecule is Cc1ccc(NS(=O)(=O)c2c(C)cc(F)c(N)c2C)cn1. The van der Waals surface area contributed by atoms with E-state index in [0.29, 0.717) is 11.3 Å². The first-order chi connectivity index (χ1) is 9.72. The third-order valence-electron chi connectivity index (χ3n) is 3.14. The van der Waals surface area contributed by atoms with Gasteiger partial charge >= 0.3 is 0 Å². The van der Waals surface area contributed by atoms with Crippen LogP contribution in [0.5, 0.6) is 0 Å². The van der Waals surface area contributed by atoms with Gasteiger partial charge in [-0.3, -0.25) is 9.71 Å². The molecule has 0 radical (unpaired) electrons. The van der Waals surface area contributed by atoms with Crippen LogP contribution in [0.2, 0.25) is 0 Å². The second-order valence-electron chi connectivity index (χ2n) is 4.84. The molecule has 0 atom stereocenters. The molecule has 1 aromatic heterocycles. The highest BCUT2D eigenvalue weighted by Gasteiger charge is 2.23. The zero-order valence-corrected chi connectivity index (χ0v) is 12.8. The Labute approximate surface area is 123 Å². The van der Waals surface area contributed by atoms with E-state index in [4.69, 9.17) is 5.73 Å². The first kappa shape index (κ1) is 15.2. The standard InChI is InChI=1S/C14H16FN3O2S/c1-8-6-12(15)13(16)10(3)14(8)21(19,20)18-11-5-4-9(2)17-7-11/h4-7,18H,16H2,1-3H3. The quantitative estimate of drug-likeness (QED) is 0.853. The van der Waals surface area contributed by atoms with Crippen LogP contribution in [0.1, 0.15) is 16.8 Å². The molecule has 0 aliphatic carbocycles. The topological polar surface area (TPSA) is 85.1 Å². The van der Waals surface area contributed by atoms with Crippen molar-refractivity contribution in [3.63, 3.8) is 0 Å². The Kier molecular flexibility index (Phi) is 3.87. The third kappa shape index (κ3) is 2.97. The number of halogens is 1. The molecular formula is C14H16FN3O2S. The molecule has 1 aromatic carbocycles. The van der Waals surface area contributed by atoms with E-state index in [1.165, 1.54) is 20.0 Å². The summed E-state index contributed by atoms with van der Waals surface area (Å²) in [5.74, 6) is -0.624. The van der Waals surface area contributed by atoms with Gasteiger partial charge < -0.3 is 5.73 Å². The van der Waals surface area contributed by atoms with Gasteiger partial charge in [0.25, 0.3) is 10.0 Å². The largest absolute Gasteiger partial charge is 0.396 e. The monoisotopic (exact) mass is 309 g/mol. The molecule has 0 aliphatic rings. The maximum Gasteiger partial charge on any atom is 0.262 e. The Morgan fingerprint density at radius 3 is 2.48 bits per heavy atom. The van der Waals surface area contributed by atoms with Crippen molar-refractivity contribution >= 4 is 21.4 Å². The molecular weight excluding hydrogens is 293 g/mol. The fourth-order valence-corrected chi connectivity index (χ4v) is 3.61. The second-order valence-corrected chi connectivity index (χ2v) is 6.46. The van der Waals surface area contributed by atoms with Gasteiger partial charge in [0.2, 0.25) is 0 Å². The van der Waals surface area contributed by atoms with E-state index in [1.807, 2.05) is 0 Å². The number of hydrogen-bond acceptors (Lipinski definition) is 4. The number of anilines is 2. The molecule has 2 rings (SSSR count). The lowest BCUT2D eigenvalue weighted by molar-refractivity contribution is 0.598. The molecule has 0 aliphatic heterocycles. The summed E-state index contributed by atoms with van der Waals surface area (Å²) in [5.41, 5.74) is 7.02. The van der Waals surface area contributed by atoms with E-state index in [0.717, 1.165) is 11.8 Å². The van der Waals surface area contributed by atoms with Gasteiger partial charge in [0, 0.05) is 5.69 Å². The highest BCUT2D eigenvalue weighted by atomic mass is 32.2. The molecule has 0 bridgehead atoms. The number of rotatable bonds is 3. The molecule has 0 saturated heterocycles. The van der Waals surface area contributed by atoms with E-state index >= 15 is 0 Å². The van der Waals surface area contributed by atoms with E-state index in [-0.39, 0.29) is 16.1 Å². The molecule has 0 fully saturated rings. The first-order valence-electron chi connectivity index (χ1n) is 6.23. The number of nitrogen functional groups attached to an aromatic ring is 1. The van der Waals surface area contributed by atoms with E-state index < -0.39 is 15.8 Å². The van der Waals surface area contributed by atoms with Crippen molar-refractivity contribution in [2.75, 3.05) is 10.5 Å². The molecule has 3 N–H and O–H groups in total. The molecule has 112 valence electrons. The zero-order chi connectivity index (χ0) is 15.8. The summed E-state index contributed by atoms with van der Waals surface area (Å²) < 4.78 is 40.9. The van der Waals surface area contributed by atoms with Crippen molar-refractivity contribution in [1.29, 1.82) is 0 Å². The Morgan fingerprint density at radius 1 is 1.24 bits per heavy atom. The van der Waals surface area contributed by atoms with Crippen molar-refractivity contribution in [2.24, 2.45) is 0 Å². The number of benzene rings is 1. The number of hydrogen-bond donors (Lipinski definition) is 2. The highest BCUT2D eigenvalue weighted by molar-refractivity contribution is 7.92. The fraction of sp³-hybridized carbons (Fsp3) is 0.214. The van der Waals surface area contributed by atoms with E-state index in [9.17, 15) is 12.8 Å². The van der Waals surface area contributed by atoms with Gasteiger partial charge in [-0.15, -0.1) is 0 Å². The molecule has 0 unspecified atom stereocenters. The molecule has 21 heavy (non-hydrogen) atoms. The van der Waals surface area contributed by atoms with Gasteiger partial charge in [-0.05, 0) is 50.1 Å². The minimum absolute atomic E-state index is 0.0121. The van der Waals surface area contributed by atoms with Crippen molar-refractivity contribution in [3.05, 3.63) is 47.0 Å². The average Bonchev–Trinajstić information content (AvgIpc) is 2.38. The van der Waals surface area contributed by atoms with E-state index in [1.54, 1.807) is 19.1 Å². The smallest absolute Gasteiger partial charge is 0.262 e. The van der Waals surface area contributed by atoms with Crippen molar-refractivity contribution in [3.8, 4) is 0 Å². The summed E-state index contributed by atoms with van der Waals surface area (Å²) in [6.07, 6.45) is 1.42. The number of sulfonamides is 1. The van der Waals surface area contributed by atoms with Gasteiger partial charge in [-0.25, -0.2) is 12.8 Å². The molecule has 0 amide bonds. The number of pyridine rings is 1. The number of nitrogens with two attached hydrogens (primary N) is 1. The Balaban J connectivity index is 2.50. The third-order valence-corrected chi connectivity index (χ3v) is 4.81. The fourth-order valence-electron chi connectivity index (χ4n) is 2.08. The van der Waals surface area contributed by atoms with E-state index in [2.05, 4.69) is 9.71 Å². The van der Waals surface area contributed by atoms with Crippen LogP contribution in [0.4, 0.5) is 15.8 Å². The lowest BCUT2D eigenvalue weighted by Crippen LogP contribution is -2.17. The van der Waals surface area contributed by atoms with Gasteiger partial charge in [-0.2, -0.15) is 0 Å².